The van der Waals surface area contributed by atoms with Crippen LogP contribution in [0.3, 0.4) is 0 Å². The van der Waals surface area contributed by atoms with Crippen LogP contribution in [-0.4, -0.2) is 25.7 Å². The molecular weight excluding hydrogens is 230 g/mol. The van der Waals surface area contributed by atoms with E-state index in [1.807, 2.05) is 0 Å². The number of carbonyl (C=O) groups is 1. The van der Waals surface area contributed by atoms with Crippen molar-refractivity contribution in [1.29, 1.82) is 0 Å². The second-order valence-corrected chi connectivity index (χ2v) is 4.83. The van der Waals surface area contributed by atoms with E-state index in [0.29, 0.717) is 18.4 Å². The molecule has 1 N–H and O–H groups in total. The summed E-state index contributed by atoms with van der Waals surface area (Å²) in [5.41, 5.74) is -0.616. The van der Waals surface area contributed by atoms with Crippen LogP contribution in [0, 0.1) is 11.6 Å². The minimum atomic E-state index is -3.99. The summed E-state index contributed by atoms with van der Waals surface area (Å²) in [7, 11) is -3.99. The molecule has 0 aliphatic carbocycles. The molecule has 7 heteroatoms. The van der Waals surface area contributed by atoms with E-state index in [4.69, 9.17) is 5.11 Å². The van der Waals surface area contributed by atoms with E-state index in [1.165, 1.54) is 0 Å². The summed E-state index contributed by atoms with van der Waals surface area (Å²) in [5, 5.41) is 8.51. The van der Waals surface area contributed by atoms with Gasteiger partial charge in [0.25, 0.3) is 0 Å². The molecule has 0 atom stereocenters. The van der Waals surface area contributed by atoms with Crippen molar-refractivity contribution in [3.05, 3.63) is 29.3 Å². The zero-order valence-corrected chi connectivity index (χ0v) is 8.31. The second-order valence-electron chi connectivity index (χ2n) is 2.85. The lowest BCUT2D eigenvalue weighted by molar-refractivity contribution is 0.0696. The Morgan fingerprint density at radius 2 is 1.87 bits per heavy atom. The predicted molar refractivity (Wildman–Crippen MR) is 46.4 cm³/mol. The van der Waals surface area contributed by atoms with Gasteiger partial charge in [-0.3, -0.25) is 0 Å². The van der Waals surface area contributed by atoms with Crippen molar-refractivity contribution in [3.63, 3.8) is 0 Å². The van der Waals surface area contributed by atoms with Crippen LogP contribution in [0.15, 0.2) is 17.0 Å². The molecule has 1 aromatic rings. The van der Waals surface area contributed by atoms with Crippen LogP contribution in [0.1, 0.15) is 10.4 Å². The third-order valence-corrected chi connectivity index (χ3v) is 2.74. The van der Waals surface area contributed by atoms with Gasteiger partial charge in [-0.25, -0.2) is 22.0 Å². The number of halogens is 2. The molecule has 0 aromatic heterocycles. The molecule has 1 rings (SSSR count). The summed E-state index contributed by atoms with van der Waals surface area (Å²) in [6, 6.07) is 1.00. The molecule has 0 saturated heterocycles. The fraction of sp³-hybridized carbons (Fsp3) is 0.125. The minimum Gasteiger partial charge on any atom is -0.478 e. The van der Waals surface area contributed by atoms with Gasteiger partial charge in [0.2, 0.25) is 0 Å². The first-order valence-corrected chi connectivity index (χ1v) is 5.55. The zero-order chi connectivity index (χ0) is 11.8. The van der Waals surface area contributed by atoms with E-state index in [1.54, 1.807) is 0 Å². The highest BCUT2D eigenvalue weighted by atomic mass is 32.2. The van der Waals surface area contributed by atoms with Gasteiger partial charge in [-0.05, 0) is 12.1 Å². The van der Waals surface area contributed by atoms with E-state index in [2.05, 4.69) is 0 Å². The van der Waals surface area contributed by atoms with Crippen LogP contribution in [0.5, 0.6) is 0 Å². The third-order valence-electron chi connectivity index (χ3n) is 1.64. The fourth-order valence-electron chi connectivity index (χ4n) is 0.957. The van der Waals surface area contributed by atoms with E-state index >= 15 is 0 Å². The molecule has 82 valence electrons. The SMILES string of the molecule is CS(=O)(=O)c1cc(C(=O)O)cc(F)c1F. The van der Waals surface area contributed by atoms with Gasteiger partial charge in [-0.1, -0.05) is 0 Å². The Kier molecular flexibility index (Phi) is 2.76. The Hall–Kier alpha value is -1.50. The third kappa shape index (κ3) is 2.30. The van der Waals surface area contributed by atoms with Crippen LogP contribution in [-0.2, 0) is 9.84 Å². The number of rotatable bonds is 2. The maximum atomic E-state index is 13.0. The lowest BCUT2D eigenvalue weighted by Gasteiger charge is -2.03. The molecule has 0 heterocycles. The topological polar surface area (TPSA) is 71.4 Å². The number of sulfone groups is 1. The van der Waals surface area contributed by atoms with Gasteiger partial charge in [0.15, 0.2) is 21.5 Å². The first-order valence-electron chi connectivity index (χ1n) is 3.66. The molecule has 0 fully saturated rings. The average molecular weight is 236 g/mol. The van der Waals surface area contributed by atoms with Crippen LogP contribution in [0.2, 0.25) is 0 Å². The Labute approximate surface area is 84.1 Å². The smallest absolute Gasteiger partial charge is 0.335 e. The maximum Gasteiger partial charge on any atom is 0.335 e. The van der Waals surface area contributed by atoms with Crippen molar-refractivity contribution in [3.8, 4) is 0 Å². The van der Waals surface area contributed by atoms with E-state index in [-0.39, 0.29) is 0 Å². The first kappa shape index (κ1) is 11.6. The number of hydrogen-bond acceptors (Lipinski definition) is 3. The van der Waals surface area contributed by atoms with Gasteiger partial charge in [0.1, 0.15) is 4.90 Å². The molecule has 4 nitrogen and oxygen atoms in total. The van der Waals surface area contributed by atoms with Crippen molar-refractivity contribution >= 4 is 15.8 Å². The van der Waals surface area contributed by atoms with Crippen molar-refractivity contribution in [1.82, 2.24) is 0 Å². The molecule has 0 radical (unpaired) electrons. The second kappa shape index (κ2) is 3.58. The number of benzene rings is 1. The number of carboxylic acid groups (broad SMARTS) is 1. The van der Waals surface area contributed by atoms with Crippen LogP contribution in [0.25, 0.3) is 0 Å². The summed E-state index contributed by atoms with van der Waals surface area (Å²) in [4.78, 5) is 9.50. The van der Waals surface area contributed by atoms with Gasteiger partial charge < -0.3 is 5.11 Å². The van der Waals surface area contributed by atoms with Crippen LogP contribution < -0.4 is 0 Å². The monoisotopic (exact) mass is 236 g/mol. The van der Waals surface area contributed by atoms with Crippen molar-refractivity contribution in [2.45, 2.75) is 4.90 Å². The zero-order valence-electron chi connectivity index (χ0n) is 7.49. The predicted octanol–water partition coefficient (Wildman–Crippen LogP) is 1.07. The number of aromatic carboxylic acids is 1. The summed E-state index contributed by atoms with van der Waals surface area (Å²) < 4.78 is 47.8. The molecule has 0 saturated carbocycles. The molecule has 0 unspecified atom stereocenters. The van der Waals surface area contributed by atoms with Crippen LogP contribution in [0.4, 0.5) is 8.78 Å². The lowest BCUT2D eigenvalue weighted by atomic mass is 10.2. The van der Waals surface area contributed by atoms with Gasteiger partial charge in [0, 0.05) is 6.26 Å². The largest absolute Gasteiger partial charge is 0.478 e. The quantitative estimate of drug-likeness (QED) is 0.833. The lowest BCUT2D eigenvalue weighted by Crippen LogP contribution is -2.07. The Morgan fingerprint density at radius 3 is 2.27 bits per heavy atom. The Balaban J connectivity index is 3.59. The highest BCUT2D eigenvalue weighted by molar-refractivity contribution is 7.90. The molecule has 1 aromatic carbocycles. The van der Waals surface area contributed by atoms with E-state index < -0.39 is 37.9 Å². The van der Waals surface area contributed by atoms with Crippen LogP contribution >= 0.6 is 0 Å². The molecule has 0 aliphatic rings. The van der Waals surface area contributed by atoms with Gasteiger partial charge in [-0.2, -0.15) is 0 Å². The summed E-state index contributed by atoms with van der Waals surface area (Å²) in [5.74, 6) is -4.60. The van der Waals surface area contributed by atoms with Crippen molar-refractivity contribution in [2.24, 2.45) is 0 Å². The summed E-state index contributed by atoms with van der Waals surface area (Å²) in [6.07, 6.45) is 0.663. The van der Waals surface area contributed by atoms with E-state index in [0.717, 1.165) is 0 Å². The van der Waals surface area contributed by atoms with Crippen molar-refractivity contribution < 1.29 is 27.1 Å². The highest BCUT2D eigenvalue weighted by Gasteiger charge is 2.20. The maximum absolute atomic E-state index is 13.0. The molecule has 0 amide bonds. The molecule has 15 heavy (non-hydrogen) atoms. The van der Waals surface area contributed by atoms with Gasteiger partial charge in [-0.15, -0.1) is 0 Å². The number of hydrogen-bond donors (Lipinski definition) is 1. The standard InChI is InChI=1S/C8H6F2O4S/c1-15(13,14)6-3-4(8(11)12)2-5(9)7(6)10/h2-3H,1H3,(H,11,12). The minimum absolute atomic E-state index is 0.423. The molecule has 0 spiro atoms. The van der Waals surface area contributed by atoms with Crippen molar-refractivity contribution in [2.75, 3.05) is 6.26 Å². The molecular formula is C8H6F2O4S. The Morgan fingerprint density at radius 1 is 1.33 bits per heavy atom. The fourth-order valence-corrected chi connectivity index (χ4v) is 1.72. The van der Waals surface area contributed by atoms with Gasteiger partial charge >= 0.3 is 5.97 Å². The average Bonchev–Trinajstić information content (AvgIpc) is 2.06. The van der Waals surface area contributed by atoms with Gasteiger partial charge in [0.05, 0.1) is 5.56 Å². The molecule has 0 aliphatic heterocycles. The summed E-state index contributed by atoms with van der Waals surface area (Å²) >= 11 is 0. The van der Waals surface area contributed by atoms with E-state index in [9.17, 15) is 22.0 Å². The highest BCUT2D eigenvalue weighted by Crippen LogP contribution is 2.19. The first-order chi connectivity index (χ1) is 6.73. The normalized spacial score (nSPS) is 11.4. The summed E-state index contributed by atoms with van der Waals surface area (Å²) in [6.45, 7) is 0. The Bertz CT molecular complexity index is 522. The number of carboxylic acids is 1. The molecule has 0 bridgehead atoms.